The molecular formula is C23H21ClN2O3S. The zero-order valence-corrected chi connectivity index (χ0v) is 18.1. The van der Waals surface area contributed by atoms with Crippen molar-refractivity contribution in [3.8, 4) is 0 Å². The van der Waals surface area contributed by atoms with Crippen LogP contribution >= 0.6 is 11.6 Å². The topological polar surface area (TPSA) is 75.3 Å². The molecule has 2 N–H and O–H groups in total. The van der Waals surface area contributed by atoms with E-state index in [0.717, 1.165) is 16.7 Å². The van der Waals surface area contributed by atoms with Crippen LogP contribution in [0.15, 0.2) is 77.7 Å². The summed E-state index contributed by atoms with van der Waals surface area (Å²) in [6, 6.07) is 18.7. The molecule has 0 aliphatic carbocycles. The zero-order valence-electron chi connectivity index (χ0n) is 16.5. The first-order valence-corrected chi connectivity index (χ1v) is 11.0. The molecule has 0 heterocycles. The number of hydrogen-bond acceptors (Lipinski definition) is 3. The molecule has 7 heteroatoms. The van der Waals surface area contributed by atoms with Crippen LogP contribution in [0.1, 0.15) is 16.7 Å². The van der Waals surface area contributed by atoms with Crippen molar-refractivity contribution in [2.75, 3.05) is 10.0 Å². The van der Waals surface area contributed by atoms with Gasteiger partial charge in [-0.05, 0) is 66.9 Å². The Kier molecular flexibility index (Phi) is 6.59. The predicted molar refractivity (Wildman–Crippen MR) is 122 cm³/mol. The molecule has 154 valence electrons. The first kappa shape index (κ1) is 21.6. The number of para-hydroxylation sites is 1. The lowest BCUT2D eigenvalue weighted by atomic mass is 10.1. The van der Waals surface area contributed by atoms with Gasteiger partial charge in [-0.2, -0.15) is 0 Å². The minimum Gasteiger partial charge on any atom is -0.323 e. The van der Waals surface area contributed by atoms with Crippen LogP contribution in [0.4, 0.5) is 11.4 Å². The van der Waals surface area contributed by atoms with Crippen LogP contribution < -0.4 is 10.0 Å². The molecule has 3 aromatic rings. The molecule has 0 saturated carbocycles. The highest BCUT2D eigenvalue weighted by Gasteiger charge is 2.16. The first-order valence-electron chi connectivity index (χ1n) is 9.19. The van der Waals surface area contributed by atoms with Crippen LogP contribution in [-0.4, -0.2) is 14.3 Å². The van der Waals surface area contributed by atoms with Gasteiger partial charge in [0.1, 0.15) is 0 Å². The van der Waals surface area contributed by atoms with Gasteiger partial charge in [-0.3, -0.25) is 9.52 Å². The highest BCUT2D eigenvalue weighted by Crippen LogP contribution is 2.24. The summed E-state index contributed by atoms with van der Waals surface area (Å²) in [6.07, 6.45) is 2.99. The maximum Gasteiger partial charge on any atom is 0.261 e. The van der Waals surface area contributed by atoms with Crippen LogP contribution in [0, 0.1) is 13.8 Å². The van der Waals surface area contributed by atoms with E-state index in [0.29, 0.717) is 16.4 Å². The Labute approximate surface area is 181 Å². The molecule has 3 rings (SSSR count). The van der Waals surface area contributed by atoms with Gasteiger partial charge in [-0.1, -0.05) is 48.0 Å². The fourth-order valence-electron chi connectivity index (χ4n) is 2.85. The van der Waals surface area contributed by atoms with Crippen molar-refractivity contribution in [2.24, 2.45) is 0 Å². The van der Waals surface area contributed by atoms with E-state index in [1.807, 2.05) is 44.2 Å². The van der Waals surface area contributed by atoms with Crippen molar-refractivity contribution in [3.05, 3.63) is 94.5 Å². The number of carbonyl (C=O) groups is 1. The van der Waals surface area contributed by atoms with E-state index < -0.39 is 10.0 Å². The Morgan fingerprint density at radius 2 is 1.53 bits per heavy atom. The number of amides is 1. The number of nitrogens with one attached hydrogen (secondary N) is 2. The van der Waals surface area contributed by atoms with E-state index in [2.05, 4.69) is 10.0 Å². The fourth-order valence-corrected chi connectivity index (χ4v) is 4.25. The molecule has 0 aromatic heterocycles. The largest absolute Gasteiger partial charge is 0.323 e. The Hall–Kier alpha value is -3.09. The summed E-state index contributed by atoms with van der Waals surface area (Å²) in [4.78, 5) is 12.2. The van der Waals surface area contributed by atoms with Crippen LogP contribution in [-0.2, 0) is 14.8 Å². The van der Waals surface area contributed by atoms with Crippen LogP contribution in [0.2, 0.25) is 5.02 Å². The number of hydrogen-bond donors (Lipinski definition) is 2. The normalized spacial score (nSPS) is 11.4. The third-order valence-corrected chi connectivity index (χ3v) is 6.18. The number of benzene rings is 3. The van der Waals surface area contributed by atoms with Gasteiger partial charge in [-0.15, -0.1) is 0 Å². The Morgan fingerprint density at radius 3 is 2.17 bits per heavy atom. The quantitative estimate of drug-likeness (QED) is 0.503. The first-order chi connectivity index (χ1) is 14.3. The number of sulfonamides is 1. The molecule has 0 bridgehead atoms. The summed E-state index contributed by atoms with van der Waals surface area (Å²) < 4.78 is 28.1. The van der Waals surface area contributed by atoms with Crippen molar-refractivity contribution in [1.29, 1.82) is 0 Å². The van der Waals surface area contributed by atoms with Crippen molar-refractivity contribution in [2.45, 2.75) is 18.7 Å². The minimum atomic E-state index is -3.75. The maximum absolute atomic E-state index is 12.7. The Bertz CT molecular complexity index is 1180. The minimum absolute atomic E-state index is 0.106. The molecule has 0 aliphatic heterocycles. The Balaban J connectivity index is 1.70. The molecule has 3 aromatic carbocycles. The monoisotopic (exact) mass is 440 g/mol. The van der Waals surface area contributed by atoms with Crippen LogP contribution in [0.5, 0.6) is 0 Å². The van der Waals surface area contributed by atoms with E-state index in [1.165, 1.54) is 18.2 Å². The van der Waals surface area contributed by atoms with Gasteiger partial charge in [0, 0.05) is 16.8 Å². The lowest BCUT2D eigenvalue weighted by Crippen LogP contribution is -2.15. The zero-order chi connectivity index (χ0) is 21.7. The molecule has 30 heavy (non-hydrogen) atoms. The van der Waals surface area contributed by atoms with Gasteiger partial charge in [0.2, 0.25) is 5.91 Å². The number of rotatable bonds is 6. The van der Waals surface area contributed by atoms with Gasteiger partial charge >= 0.3 is 0 Å². The molecule has 0 aliphatic rings. The van der Waals surface area contributed by atoms with Gasteiger partial charge < -0.3 is 5.32 Å². The van der Waals surface area contributed by atoms with E-state index in [1.54, 1.807) is 30.3 Å². The summed E-state index contributed by atoms with van der Waals surface area (Å²) in [7, 11) is -3.75. The highest BCUT2D eigenvalue weighted by molar-refractivity contribution is 7.92. The summed E-state index contributed by atoms with van der Waals surface area (Å²) in [5.74, 6) is -0.348. The maximum atomic E-state index is 12.7. The predicted octanol–water partition coefficient (Wildman–Crippen LogP) is 5.41. The molecule has 0 atom stereocenters. The van der Waals surface area contributed by atoms with E-state index in [4.69, 9.17) is 11.6 Å². The molecular weight excluding hydrogens is 420 g/mol. The summed E-state index contributed by atoms with van der Waals surface area (Å²) in [5, 5.41) is 3.24. The standard InChI is InChI=1S/C23H21ClN2O3S/c1-16-6-5-7-17(2)23(16)26-30(28,29)20-13-11-19(12-14-20)25-22(27)15-10-18-8-3-4-9-21(18)24/h3-15,26H,1-2H3,(H,25,27)/b15-10+. The second-order valence-corrected chi connectivity index (χ2v) is 8.83. The van der Waals surface area contributed by atoms with E-state index in [-0.39, 0.29) is 10.8 Å². The van der Waals surface area contributed by atoms with Gasteiger partial charge in [0.15, 0.2) is 0 Å². The van der Waals surface area contributed by atoms with E-state index in [9.17, 15) is 13.2 Å². The number of anilines is 2. The van der Waals surface area contributed by atoms with Crippen molar-refractivity contribution in [1.82, 2.24) is 0 Å². The number of carbonyl (C=O) groups excluding carboxylic acids is 1. The Morgan fingerprint density at radius 1 is 0.900 bits per heavy atom. The molecule has 0 spiro atoms. The lowest BCUT2D eigenvalue weighted by Gasteiger charge is -2.13. The fraction of sp³-hybridized carbons (Fsp3) is 0.0870. The lowest BCUT2D eigenvalue weighted by molar-refractivity contribution is -0.111. The van der Waals surface area contributed by atoms with Gasteiger partial charge in [-0.25, -0.2) is 8.42 Å². The van der Waals surface area contributed by atoms with E-state index >= 15 is 0 Å². The molecule has 0 fully saturated rings. The molecule has 5 nitrogen and oxygen atoms in total. The SMILES string of the molecule is Cc1cccc(C)c1NS(=O)(=O)c1ccc(NC(=O)/C=C/c2ccccc2Cl)cc1. The smallest absolute Gasteiger partial charge is 0.261 e. The molecule has 0 unspecified atom stereocenters. The summed E-state index contributed by atoms with van der Waals surface area (Å²) in [6.45, 7) is 3.69. The third-order valence-electron chi connectivity index (χ3n) is 4.47. The molecule has 0 radical (unpaired) electrons. The summed E-state index contributed by atoms with van der Waals surface area (Å²) >= 11 is 6.06. The number of aryl methyl sites for hydroxylation is 2. The van der Waals surface area contributed by atoms with Crippen LogP contribution in [0.3, 0.4) is 0 Å². The second-order valence-electron chi connectivity index (χ2n) is 6.74. The van der Waals surface area contributed by atoms with Gasteiger partial charge in [0.25, 0.3) is 10.0 Å². The molecule has 0 saturated heterocycles. The third kappa shape index (κ3) is 5.28. The number of halogens is 1. The molecule has 1 amide bonds. The van der Waals surface area contributed by atoms with Crippen molar-refractivity contribution in [3.63, 3.8) is 0 Å². The highest BCUT2D eigenvalue weighted by atomic mass is 35.5. The average molecular weight is 441 g/mol. The van der Waals surface area contributed by atoms with Crippen molar-refractivity contribution >= 4 is 45.0 Å². The van der Waals surface area contributed by atoms with Gasteiger partial charge in [0.05, 0.1) is 10.6 Å². The van der Waals surface area contributed by atoms with Crippen LogP contribution in [0.25, 0.3) is 6.08 Å². The second kappa shape index (κ2) is 9.15. The van der Waals surface area contributed by atoms with Crippen molar-refractivity contribution < 1.29 is 13.2 Å². The summed E-state index contributed by atoms with van der Waals surface area (Å²) in [5.41, 5.74) is 3.46. The average Bonchev–Trinajstić information content (AvgIpc) is 2.71.